The third-order valence-corrected chi connectivity index (χ3v) is 4.65. The number of carbonyl (C=O) groups is 2. The highest BCUT2D eigenvalue weighted by molar-refractivity contribution is 9.10. The SMILES string of the molecule is N#Cc1ccccc1OCC(=O)N/N=C\c1ccc(OC(=O)c2ccccc2Br)cc1. The number of hydrazone groups is 1. The minimum atomic E-state index is -0.473. The third-order valence-electron chi connectivity index (χ3n) is 3.95. The summed E-state index contributed by atoms with van der Waals surface area (Å²) >= 11 is 3.32. The molecule has 0 fully saturated rings. The van der Waals surface area contributed by atoms with Gasteiger partial charge in [-0.3, -0.25) is 4.79 Å². The molecule has 1 amide bonds. The normalized spacial score (nSPS) is 10.3. The highest BCUT2D eigenvalue weighted by Gasteiger charge is 2.11. The molecule has 3 aromatic carbocycles. The Morgan fingerprint density at radius 1 is 1.03 bits per heavy atom. The van der Waals surface area contributed by atoms with Crippen LogP contribution >= 0.6 is 15.9 Å². The highest BCUT2D eigenvalue weighted by Crippen LogP contribution is 2.19. The Labute approximate surface area is 187 Å². The topological polar surface area (TPSA) is 101 Å². The van der Waals surface area contributed by atoms with Crippen LogP contribution in [-0.4, -0.2) is 24.7 Å². The molecule has 0 atom stereocenters. The van der Waals surface area contributed by atoms with Crippen LogP contribution in [0.25, 0.3) is 0 Å². The van der Waals surface area contributed by atoms with E-state index in [-0.39, 0.29) is 6.61 Å². The van der Waals surface area contributed by atoms with Gasteiger partial charge in [0.25, 0.3) is 5.91 Å². The molecule has 0 aromatic heterocycles. The van der Waals surface area contributed by atoms with Crippen LogP contribution < -0.4 is 14.9 Å². The first-order valence-corrected chi connectivity index (χ1v) is 9.86. The van der Waals surface area contributed by atoms with Crippen LogP contribution in [-0.2, 0) is 4.79 Å². The number of nitrogens with one attached hydrogen (secondary N) is 1. The smallest absolute Gasteiger partial charge is 0.344 e. The highest BCUT2D eigenvalue weighted by atomic mass is 79.9. The summed E-state index contributed by atoms with van der Waals surface area (Å²) in [4.78, 5) is 24.1. The molecule has 0 spiro atoms. The summed E-state index contributed by atoms with van der Waals surface area (Å²) in [6, 6.07) is 22.3. The predicted octanol–water partition coefficient (Wildman–Crippen LogP) is 4.07. The lowest BCUT2D eigenvalue weighted by Crippen LogP contribution is -2.24. The Bertz CT molecular complexity index is 1150. The van der Waals surface area contributed by atoms with Crippen LogP contribution in [0.5, 0.6) is 11.5 Å². The number of benzene rings is 3. The van der Waals surface area contributed by atoms with Crippen molar-refractivity contribution in [3.63, 3.8) is 0 Å². The van der Waals surface area contributed by atoms with Gasteiger partial charge in [0, 0.05) is 4.47 Å². The van der Waals surface area contributed by atoms with E-state index in [0.717, 1.165) is 0 Å². The van der Waals surface area contributed by atoms with Gasteiger partial charge in [-0.15, -0.1) is 0 Å². The molecule has 0 aliphatic carbocycles. The van der Waals surface area contributed by atoms with Crippen molar-refractivity contribution >= 4 is 34.0 Å². The largest absolute Gasteiger partial charge is 0.482 e. The average molecular weight is 478 g/mol. The average Bonchev–Trinajstić information content (AvgIpc) is 2.79. The molecule has 0 aliphatic heterocycles. The summed E-state index contributed by atoms with van der Waals surface area (Å²) in [5, 5.41) is 12.9. The molecular weight excluding hydrogens is 462 g/mol. The second-order valence-corrected chi connectivity index (χ2v) is 6.98. The molecule has 3 rings (SSSR count). The lowest BCUT2D eigenvalue weighted by atomic mass is 10.2. The van der Waals surface area contributed by atoms with Crippen molar-refractivity contribution in [3.05, 3.63) is 94.0 Å². The van der Waals surface area contributed by atoms with E-state index in [2.05, 4.69) is 26.5 Å². The number of esters is 1. The Hall–Kier alpha value is -3.96. The molecule has 8 heteroatoms. The van der Waals surface area contributed by atoms with Gasteiger partial charge in [-0.05, 0) is 70.0 Å². The fraction of sp³-hybridized carbons (Fsp3) is 0.0435. The van der Waals surface area contributed by atoms with Gasteiger partial charge in [-0.1, -0.05) is 24.3 Å². The molecule has 1 N–H and O–H groups in total. The Kier molecular flexibility index (Phi) is 7.51. The summed E-state index contributed by atoms with van der Waals surface area (Å²) in [5.74, 6) is -0.231. The molecule has 3 aromatic rings. The van der Waals surface area contributed by atoms with Crippen molar-refractivity contribution < 1.29 is 19.1 Å². The number of hydrogen-bond acceptors (Lipinski definition) is 6. The molecule has 0 radical (unpaired) electrons. The Morgan fingerprint density at radius 3 is 2.48 bits per heavy atom. The van der Waals surface area contributed by atoms with Gasteiger partial charge >= 0.3 is 5.97 Å². The molecule has 0 aliphatic rings. The molecule has 31 heavy (non-hydrogen) atoms. The van der Waals surface area contributed by atoms with E-state index in [4.69, 9.17) is 14.7 Å². The Morgan fingerprint density at radius 2 is 1.74 bits per heavy atom. The number of ether oxygens (including phenoxy) is 2. The van der Waals surface area contributed by atoms with Crippen molar-refractivity contribution in [2.24, 2.45) is 5.10 Å². The third kappa shape index (κ3) is 6.26. The van der Waals surface area contributed by atoms with E-state index in [1.54, 1.807) is 66.7 Å². The monoisotopic (exact) mass is 477 g/mol. The van der Waals surface area contributed by atoms with Crippen molar-refractivity contribution in [1.29, 1.82) is 5.26 Å². The lowest BCUT2D eigenvalue weighted by molar-refractivity contribution is -0.123. The minimum Gasteiger partial charge on any atom is -0.482 e. The Balaban J connectivity index is 1.49. The maximum atomic E-state index is 12.2. The minimum absolute atomic E-state index is 0.278. The van der Waals surface area contributed by atoms with Gasteiger partial charge in [0.1, 0.15) is 17.6 Å². The summed E-state index contributed by atoms with van der Waals surface area (Å²) < 4.78 is 11.3. The molecule has 0 unspecified atom stereocenters. The number of hydrogen-bond donors (Lipinski definition) is 1. The van der Waals surface area contributed by atoms with Crippen molar-refractivity contribution in [2.75, 3.05) is 6.61 Å². The van der Waals surface area contributed by atoms with Crippen LogP contribution in [0.1, 0.15) is 21.5 Å². The van der Waals surface area contributed by atoms with Crippen LogP contribution in [0.15, 0.2) is 82.4 Å². The lowest BCUT2D eigenvalue weighted by Gasteiger charge is -2.06. The second kappa shape index (κ2) is 10.7. The van der Waals surface area contributed by atoms with Gasteiger partial charge in [0.05, 0.1) is 17.3 Å². The number of nitrogens with zero attached hydrogens (tertiary/aromatic N) is 2. The van der Waals surface area contributed by atoms with Crippen LogP contribution in [0.3, 0.4) is 0 Å². The first kappa shape index (κ1) is 21.7. The van der Waals surface area contributed by atoms with E-state index >= 15 is 0 Å². The predicted molar refractivity (Wildman–Crippen MR) is 118 cm³/mol. The second-order valence-electron chi connectivity index (χ2n) is 6.13. The molecule has 0 saturated heterocycles. The summed E-state index contributed by atoms with van der Waals surface area (Å²) in [6.45, 7) is -0.278. The molecular formula is C23H16BrN3O4. The van der Waals surface area contributed by atoms with E-state index < -0.39 is 11.9 Å². The quantitative estimate of drug-likeness (QED) is 0.239. The van der Waals surface area contributed by atoms with Gasteiger partial charge in [0.15, 0.2) is 6.61 Å². The number of nitriles is 1. The molecule has 7 nitrogen and oxygen atoms in total. The molecule has 0 saturated carbocycles. The maximum Gasteiger partial charge on any atom is 0.344 e. The fourth-order valence-corrected chi connectivity index (χ4v) is 2.90. The van der Waals surface area contributed by atoms with Crippen molar-refractivity contribution in [2.45, 2.75) is 0 Å². The molecule has 0 heterocycles. The van der Waals surface area contributed by atoms with Crippen molar-refractivity contribution in [3.8, 4) is 17.6 Å². The number of rotatable bonds is 7. The zero-order chi connectivity index (χ0) is 22.1. The van der Waals surface area contributed by atoms with Gasteiger partial charge < -0.3 is 9.47 Å². The van der Waals surface area contributed by atoms with Crippen LogP contribution in [0, 0.1) is 11.3 Å². The maximum absolute atomic E-state index is 12.2. The van der Waals surface area contributed by atoms with E-state index in [1.807, 2.05) is 12.1 Å². The van der Waals surface area contributed by atoms with Gasteiger partial charge in [-0.25, -0.2) is 10.2 Å². The zero-order valence-corrected chi connectivity index (χ0v) is 17.7. The van der Waals surface area contributed by atoms with Gasteiger partial charge in [-0.2, -0.15) is 10.4 Å². The summed E-state index contributed by atoms with van der Waals surface area (Å²) in [6.07, 6.45) is 1.44. The van der Waals surface area contributed by atoms with Gasteiger partial charge in [0.2, 0.25) is 0 Å². The summed E-state index contributed by atoms with van der Waals surface area (Å²) in [7, 11) is 0. The number of halogens is 1. The van der Waals surface area contributed by atoms with Crippen LogP contribution in [0.2, 0.25) is 0 Å². The number of amides is 1. The number of carbonyl (C=O) groups excluding carboxylic acids is 2. The van der Waals surface area contributed by atoms with E-state index in [9.17, 15) is 9.59 Å². The zero-order valence-electron chi connectivity index (χ0n) is 16.1. The van der Waals surface area contributed by atoms with E-state index in [1.165, 1.54) is 6.21 Å². The first-order chi connectivity index (χ1) is 15.1. The fourth-order valence-electron chi connectivity index (χ4n) is 2.45. The standard InChI is InChI=1S/C23H16BrN3O4/c24-20-7-3-2-6-19(20)23(29)31-18-11-9-16(10-12-18)14-26-27-22(28)15-30-21-8-4-1-5-17(21)13-25/h1-12,14H,15H2,(H,27,28)/b26-14-. The molecule has 154 valence electrons. The van der Waals surface area contributed by atoms with E-state index in [0.29, 0.717) is 32.7 Å². The summed E-state index contributed by atoms with van der Waals surface area (Å²) in [5.41, 5.74) is 3.81. The first-order valence-electron chi connectivity index (χ1n) is 9.07. The van der Waals surface area contributed by atoms with Crippen molar-refractivity contribution in [1.82, 2.24) is 5.43 Å². The molecule has 0 bridgehead atoms. The number of para-hydroxylation sites is 1. The van der Waals surface area contributed by atoms with Crippen LogP contribution in [0.4, 0.5) is 0 Å².